The Balaban J connectivity index is 1.58. The summed E-state index contributed by atoms with van der Waals surface area (Å²) in [6.45, 7) is 4.04. The summed E-state index contributed by atoms with van der Waals surface area (Å²) >= 11 is 0. The van der Waals surface area contributed by atoms with Crippen LogP contribution in [0.2, 0.25) is 0 Å². The zero-order valence-electron chi connectivity index (χ0n) is 14.6. The topological polar surface area (TPSA) is 90.5 Å². The maximum Gasteiger partial charge on any atom is 0.267 e. The van der Waals surface area contributed by atoms with E-state index in [0.29, 0.717) is 17.8 Å². The van der Waals surface area contributed by atoms with Gasteiger partial charge in [-0.2, -0.15) is 0 Å². The Kier molecular flexibility index (Phi) is 6.14. The lowest BCUT2D eigenvalue weighted by atomic mass is 10.1. The van der Waals surface area contributed by atoms with Crippen molar-refractivity contribution in [2.24, 2.45) is 0 Å². The van der Waals surface area contributed by atoms with Gasteiger partial charge >= 0.3 is 0 Å². The highest BCUT2D eigenvalue weighted by atomic mass is 32.2. The average Bonchev–Trinajstić information content (AvgIpc) is 3.23. The first-order valence-corrected chi connectivity index (χ1v) is 10.8. The van der Waals surface area contributed by atoms with Crippen molar-refractivity contribution in [2.45, 2.75) is 44.6 Å². The lowest BCUT2D eigenvalue weighted by Crippen LogP contribution is -2.39. The van der Waals surface area contributed by atoms with Crippen molar-refractivity contribution >= 4 is 15.9 Å². The molecular formula is C17H28N4O3S. The molecule has 3 N–H and O–H groups in total. The molecule has 1 aliphatic carbocycles. The van der Waals surface area contributed by atoms with Gasteiger partial charge in [0.1, 0.15) is 5.70 Å². The molecular weight excluding hydrogens is 340 g/mol. The maximum atomic E-state index is 12.3. The molecule has 2 heterocycles. The summed E-state index contributed by atoms with van der Waals surface area (Å²) in [7, 11) is -3.48. The van der Waals surface area contributed by atoms with Crippen molar-refractivity contribution in [3.63, 3.8) is 0 Å². The Morgan fingerprint density at radius 2 is 1.92 bits per heavy atom. The van der Waals surface area contributed by atoms with Crippen molar-refractivity contribution in [3.8, 4) is 0 Å². The number of likely N-dealkylation sites (tertiary alicyclic amines) is 1. The van der Waals surface area contributed by atoms with Gasteiger partial charge in [0.25, 0.3) is 5.91 Å². The van der Waals surface area contributed by atoms with Crippen LogP contribution in [0.1, 0.15) is 38.5 Å². The first kappa shape index (κ1) is 18.4. The summed E-state index contributed by atoms with van der Waals surface area (Å²) in [5.74, 6) is -0.181. The smallest absolute Gasteiger partial charge is 0.267 e. The molecule has 3 rings (SSSR count). The molecule has 8 heteroatoms. The van der Waals surface area contributed by atoms with E-state index >= 15 is 0 Å². The number of nitrogens with zero attached hydrogens (tertiary/aromatic N) is 1. The van der Waals surface area contributed by atoms with Crippen LogP contribution in [0.25, 0.3) is 0 Å². The van der Waals surface area contributed by atoms with Gasteiger partial charge in [0.2, 0.25) is 10.0 Å². The quantitative estimate of drug-likeness (QED) is 0.606. The molecule has 1 amide bonds. The van der Waals surface area contributed by atoms with E-state index in [1.54, 1.807) is 6.08 Å². The van der Waals surface area contributed by atoms with Crippen LogP contribution < -0.4 is 15.4 Å². The minimum Gasteiger partial charge on any atom is -0.379 e. The third kappa shape index (κ3) is 5.55. The normalized spacial score (nSPS) is 24.6. The number of hydrogen-bond acceptors (Lipinski definition) is 5. The van der Waals surface area contributed by atoms with E-state index in [4.69, 9.17) is 0 Å². The molecule has 1 saturated carbocycles. The van der Waals surface area contributed by atoms with Gasteiger partial charge in [-0.25, -0.2) is 13.1 Å². The molecule has 0 radical (unpaired) electrons. The number of nitrogens with one attached hydrogen (secondary N) is 3. The number of carbonyl (C=O) groups is 1. The van der Waals surface area contributed by atoms with Crippen molar-refractivity contribution < 1.29 is 13.2 Å². The van der Waals surface area contributed by atoms with Crippen LogP contribution in [-0.4, -0.2) is 58.0 Å². The van der Waals surface area contributed by atoms with E-state index in [1.165, 1.54) is 18.2 Å². The molecule has 0 aromatic carbocycles. The SMILES string of the molecule is O=C1NC/C(=C/S(=O)(=O)NC2CCCC2)C=C1NCCN1CCCC1. The molecule has 1 saturated heterocycles. The van der Waals surface area contributed by atoms with E-state index in [0.717, 1.165) is 45.3 Å². The Bertz CT molecular complexity index is 645. The van der Waals surface area contributed by atoms with Crippen LogP contribution in [0.5, 0.6) is 0 Å². The minimum atomic E-state index is -3.48. The number of sulfonamides is 1. The standard InChI is InChI=1S/C17H28N4O3S/c22-17-16(18-7-10-21-8-3-4-9-21)11-14(12-19-17)13-25(23,24)20-15-5-1-2-6-15/h11,13,15,18,20H,1-10,12H2,(H,19,22)/b14-13+. The van der Waals surface area contributed by atoms with Gasteiger partial charge in [-0.3, -0.25) is 4.79 Å². The highest BCUT2D eigenvalue weighted by Gasteiger charge is 2.22. The van der Waals surface area contributed by atoms with Crippen molar-refractivity contribution in [1.29, 1.82) is 0 Å². The molecule has 0 spiro atoms. The number of rotatable bonds is 7. The second-order valence-electron chi connectivity index (χ2n) is 7.05. The maximum absolute atomic E-state index is 12.3. The van der Waals surface area contributed by atoms with E-state index in [1.807, 2.05) is 0 Å². The minimum absolute atomic E-state index is 0.0436. The van der Waals surface area contributed by atoms with E-state index in [2.05, 4.69) is 20.3 Å². The van der Waals surface area contributed by atoms with Gasteiger partial charge in [-0.15, -0.1) is 0 Å². The van der Waals surface area contributed by atoms with Gasteiger partial charge in [0, 0.05) is 25.7 Å². The third-order valence-corrected chi connectivity index (χ3v) is 6.24. The van der Waals surface area contributed by atoms with Crippen LogP contribution >= 0.6 is 0 Å². The van der Waals surface area contributed by atoms with Gasteiger partial charge < -0.3 is 15.5 Å². The first-order valence-electron chi connectivity index (χ1n) is 9.21. The number of carbonyl (C=O) groups excluding carboxylic acids is 1. The largest absolute Gasteiger partial charge is 0.379 e. The molecule has 0 aromatic heterocycles. The lowest BCUT2D eigenvalue weighted by molar-refractivity contribution is -0.117. The summed E-state index contributed by atoms with van der Waals surface area (Å²) < 4.78 is 27.3. The molecule has 140 valence electrons. The molecule has 0 atom stereocenters. The fourth-order valence-electron chi connectivity index (χ4n) is 3.65. The molecule has 0 unspecified atom stereocenters. The van der Waals surface area contributed by atoms with Crippen molar-refractivity contribution in [2.75, 3.05) is 32.7 Å². The number of hydrogen-bond donors (Lipinski definition) is 3. The van der Waals surface area contributed by atoms with Gasteiger partial charge in [-0.1, -0.05) is 12.8 Å². The Hall–Kier alpha value is -1.38. The summed E-state index contributed by atoms with van der Waals surface area (Å²) in [6.07, 6.45) is 8.08. The fourth-order valence-corrected chi connectivity index (χ4v) is 4.97. The molecule has 25 heavy (non-hydrogen) atoms. The Labute approximate surface area is 150 Å². The van der Waals surface area contributed by atoms with Gasteiger partial charge in [-0.05, 0) is 50.4 Å². The second kappa shape index (κ2) is 8.33. The second-order valence-corrected chi connectivity index (χ2v) is 8.61. The van der Waals surface area contributed by atoms with Crippen LogP contribution in [0.3, 0.4) is 0 Å². The Morgan fingerprint density at radius 1 is 1.20 bits per heavy atom. The highest BCUT2D eigenvalue weighted by molar-refractivity contribution is 7.92. The lowest BCUT2D eigenvalue weighted by Gasteiger charge is -2.20. The molecule has 2 aliphatic heterocycles. The zero-order chi connectivity index (χ0) is 17.7. The summed E-state index contributed by atoms with van der Waals surface area (Å²) in [5, 5.41) is 7.11. The van der Waals surface area contributed by atoms with Gasteiger partial charge in [0.15, 0.2) is 0 Å². The summed E-state index contributed by atoms with van der Waals surface area (Å²) in [5.41, 5.74) is 1.03. The highest BCUT2D eigenvalue weighted by Crippen LogP contribution is 2.19. The summed E-state index contributed by atoms with van der Waals surface area (Å²) in [4.78, 5) is 14.3. The predicted octanol–water partition coefficient (Wildman–Crippen LogP) is 0.431. The predicted molar refractivity (Wildman–Crippen MR) is 97.2 cm³/mol. The third-order valence-electron chi connectivity index (χ3n) is 4.96. The van der Waals surface area contributed by atoms with Crippen molar-refractivity contribution in [1.82, 2.24) is 20.3 Å². The molecule has 0 bridgehead atoms. The Morgan fingerprint density at radius 3 is 2.64 bits per heavy atom. The molecule has 2 fully saturated rings. The van der Waals surface area contributed by atoms with E-state index in [-0.39, 0.29) is 18.5 Å². The van der Waals surface area contributed by atoms with Crippen molar-refractivity contribution in [3.05, 3.63) is 22.8 Å². The van der Waals surface area contributed by atoms with Crippen LogP contribution in [0.4, 0.5) is 0 Å². The molecule has 3 aliphatic rings. The average molecular weight is 369 g/mol. The van der Waals surface area contributed by atoms with Crippen LogP contribution in [-0.2, 0) is 14.8 Å². The first-order chi connectivity index (χ1) is 12.0. The van der Waals surface area contributed by atoms with Crippen LogP contribution in [0.15, 0.2) is 22.8 Å². The van der Waals surface area contributed by atoms with Gasteiger partial charge in [0.05, 0.1) is 5.41 Å². The summed E-state index contributed by atoms with van der Waals surface area (Å²) in [6, 6.07) is 0.0436. The fraction of sp³-hybridized carbons (Fsp3) is 0.706. The number of amides is 1. The monoisotopic (exact) mass is 368 g/mol. The van der Waals surface area contributed by atoms with E-state index < -0.39 is 10.0 Å². The molecule has 7 nitrogen and oxygen atoms in total. The van der Waals surface area contributed by atoms with E-state index in [9.17, 15) is 13.2 Å². The zero-order valence-corrected chi connectivity index (χ0v) is 15.4. The molecule has 0 aromatic rings. The van der Waals surface area contributed by atoms with Crippen LogP contribution in [0, 0.1) is 0 Å².